The van der Waals surface area contributed by atoms with E-state index in [0.717, 1.165) is 16.6 Å². The van der Waals surface area contributed by atoms with Gasteiger partial charge in [0, 0.05) is 12.3 Å². The maximum absolute atomic E-state index is 5.13. The van der Waals surface area contributed by atoms with Gasteiger partial charge in [-0.2, -0.15) is 0 Å². The van der Waals surface area contributed by atoms with Crippen molar-refractivity contribution < 1.29 is 2.85 Å². The molecular formula is C9H21CaNS2. The van der Waals surface area contributed by atoms with Gasteiger partial charge in [-0.15, -0.1) is 0 Å². The summed E-state index contributed by atoms with van der Waals surface area (Å²) in [4.78, 5) is 0. The van der Waals surface area contributed by atoms with Crippen LogP contribution in [0.15, 0.2) is 0 Å². The molecule has 0 aliphatic carbocycles. The smallest absolute Gasteiger partial charge is 1.00 e. The molecule has 76 valence electrons. The number of hydrogen-bond donors (Lipinski definition) is 1. The summed E-state index contributed by atoms with van der Waals surface area (Å²) < 4.78 is 0.969. The van der Waals surface area contributed by atoms with Gasteiger partial charge in [0.05, 0.1) is 0 Å². The number of thiocarbonyl (C=S) groups is 1. The summed E-state index contributed by atoms with van der Waals surface area (Å²) in [5.74, 6) is 1.16. The Morgan fingerprint density at radius 1 is 1.31 bits per heavy atom. The first-order valence-corrected chi connectivity index (χ1v) is 6.11. The van der Waals surface area contributed by atoms with E-state index < -0.39 is 0 Å². The van der Waals surface area contributed by atoms with Crippen LogP contribution in [0.5, 0.6) is 0 Å². The molecule has 0 atom stereocenters. The molecule has 4 heteroatoms. The van der Waals surface area contributed by atoms with Crippen LogP contribution in [-0.4, -0.2) is 54.4 Å². The third-order valence-corrected chi connectivity index (χ3v) is 2.93. The molecule has 0 aromatic heterocycles. The number of thioether (sulfide) groups is 1. The van der Waals surface area contributed by atoms with Gasteiger partial charge in [0.15, 0.2) is 0 Å². The zero-order valence-electron chi connectivity index (χ0n) is 10.8. The van der Waals surface area contributed by atoms with Gasteiger partial charge >= 0.3 is 37.7 Å². The minimum atomic E-state index is 0. The Bertz CT molecular complexity index is 117. The Morgan fingerprint density at radius 2 is 1.92 bits per heavy atom. The van der Waals surface area contributed by atoms with Crippen molar-refractivity contribution in [2.45, 2.75) is 39.5 Å². The van der Waals surface area contributed by atoms with Crippen LogP contribution in [0.2, 0.25) is 0 Å². The standard InChI is InChI=1S/C9H19NS2.Ca.2H/c1-3-5-7-10-9(11)12-8-6-4-2;;;/h3-8H2,1-2H3,(H,10,11);;;/q;+2;2*-1. The Hall–Kier alpha value is 1.50. The normalized spacial score (nSPS) is 9.08. The average molecular weight is 247 g/mol. The van der Waals surface area contributed by atoms with Crippen molar-refractivity contribution in [1.29, 1.82) is 0 Å². The van der Waals surface area contributed by atoms with E-state index in [1.807, 2.05) is 0 Å². The minimum Gasteiger partial charge on any atom is -1.00 e. The predicted octanol–water partition coefficient (Wildman–Crippen LogP) is 3.04. The maximum atomic E-state index is 5.13. The van der Waals surface area contributed by atoms with E-state index in [9.17, 15) is 0 Å². The SMILES string of the molecule is CCCCNC(=S)SCCCC.[Ca+2].[H-].[H-]. The van der Waals surface area contributed by atoms with E-state index in [4.69, 9.17) is 12.2 Å². The molecular weight excluding hydrogens is 226 g/mol. The average Bonchev–Trinajstić information content (AvgIpc) is 2.06. The van der Waals surface area contributed by atoms with Gasteiger partial charge in [0.25, 0.3) is 0 Å². The fourth-order valence-corrected chi connectivity index (χ4v) is 1.90. The van der Waals surface area contributed by atoms with Gasteiger partial charge in [0.1, 0.15) is 4.32 Å². The van der Waals surface area contributed by atoms with Gasteiger partial charge < -0.3 is 8.17 Å². The molecule has 0 aromatic rings. The van der Waals surface area contributed by atoms with Gasteiger partial charge in [-0.1, -0.05) is 50.7 Å². The topological polar surface area (TPSA) is 12.0 Å². The second kappa shape index (κ2) is 13.5. The number of hydrogen-bond acceptors (Lipinski definition) is 2. The van der Waals surface area contributed by atoms with Crippen molar-refractivity contribution in [2.75, 3.05) is 12.3 Å². The van der Waals surface area contributed by atoms with E-state index >= 15 is 0 Å². The molecule has 0 spiro atoms. The molecule has 0 saturated carbocycles. The van der Waals surface area contributed by atoms with Crippen LogP contribution >= 0.6 is 24.0 Å². The van der Waals surface area contributed by atoms with E-state index in [2.05, 4.69) is 19.2 Å². The summed E-state index contributed by atoms with van der Waals surface area (Å²) in [5, 5.41) is 3.24. The summed E-state index contributed by atoms with van der Waals surface area (Å²) in [6, 6.07) is 0. The molecule has 0 aliphatic rings. The zero-order chi connectivity index (χ0) is 9.23. The number of rotatable bonds is 6. The minimum absolute atomic E-state index is 0. The molecule has 0 heterocycles. The fraction of sp³-hybridized carbons (Fsp3) is 0.889. The molecule has 0 saturated heterocycles. The first kappa shape index (κ1) is 16.9. The van der Waals surface area contributed by atoms with Crippen LogP contribution in [-0.2, 0) is 0 Å². The second-order valence-corrected chi connectivity index (χ2v) is 4.54. The summed E-state index contributed by atoms with van der Waals surface area (Å²) in [6.45, 7) is 5.43. The molecule has 0 aliphatic heterocycles. The molecule has 0 aromatic carbocycles. The van der Waals surface area contributed by atoms with Crippen LogP contribution in [0.1, 0.15) is 42.4 Å². The van der Waals surface area contributed by atoms with E-state index in [-0.39, 0.29) is 40.6 Å². The van der Waals surface area contributed by atoms with Crippen molar-refractivity contribution in [3.05, 3.63) is 0 Å². The number of nitrogens with one attached hydrogen (secondary N) is 1. The monoisotopic (exact) mass is 247 g/mol. The van der Waals surface area contributed by atoms with Crippen LogP contribution < -0.4 is 5.32 Å². The van der Waals surface area contributed by atoms with Crippen LogP contribution in [0.3, 0.4) is 0 Å². The van der Waals surface area contributed by atoms with Crippen molar-refractivity contribution in [2.24, 2.45) is 0 Å². The molecule has 1 N–H and O–H groups in total. The van der Waals surface area contributed by atoms with Crippen LogP contribution in [0.4, 0.5) is 0 Å². The molecule has 0 radical (unpaired) electrons. The van der Waals surface area contributed by atoms with Gasteiger partial charge in [-0.05, 0) is 12.8 Å². The van der Waals surface area contributed by atoms with Gasteiger partial charge in [0.2, 0.25) is 0 Å². The second-order valence-electron chi connectivity index (χ2n) is 2.77. The van der Waals surface area contributed by atoms with Gasteiger partial charge in [-0.25, -0.2) is 0 Å². The van der Waals surface area contributed by atoms with Crippen molar-refractivity contribution in [1.82, 2.24) is 5.32 Å². The summed E-state index contributed by atoms with van der Waals surface area (Å²) in [5.41, 5.74) is 0. The predicted molar refractivity (Wildman–Crippen MR) is 70.9 cm³/mol. The molecule has 0 unspecified atom stereocenters. The Balaban J connectivity index is -0.000000202. The van der Waals surface area contributed by atoms with Crippen molar-refractivity contribution in [3.63, 3.8) is 0 Å². The summed E-state index contributed by atoms with van der Waals surface area (Å²) >= 11 is 6.90. The van der Waals surface area contributed by atoms with Crippen LogP contribution in [0.25, 0.3) is 0 Å². The zero-order valence-corrected chi connectivity index (χ0v) is 12.6. The first-order valence-electron chi connectivity index (χ1n) is 4.71. The Labute approximate surface area is 125 Å². The van der Waals surface area contributed by atoms with E-state index in [0.29, 0.717) is 0 Å². The quantitative estimate of drug-likeness (QED) is 0.440. The first-order chi connectivity index (χ1) is 5.81. The molecule has 0 rings (SSSR count). The molecule has 0 amide bonds. The third kappa shape index (κ3) is 13.5. The largest absolute Gasteiger partial charge is 2.00 e. The molecule has 1 nitrogen and oxygen atoms in total. The van der Waals surface area contributed by atoms with E-state index in [1.165, 1.54) is 25.7 Å². The summed E-state index contributed by atoms with van der Waals surface area (Å²) in [6.07, 6.45) is 4.97. The molecule has 0 bridgehead atoms. The summed E-state index contributed by atoms with van der Waals surface area (Å²) in [7, 11) is 0. The number of unbranched alkanes of at least 4 members (excludes halogenated alkanes) is 2. The van der Waals surface area contributed by atoms with Crippen molar-refractivity contribution >= 4 is 66.0 Å². The Kier molecular flexibility index (Phi) is 17.6. The molecule has 13 heavy (non-hydrogen) atoms. The molecule has 0 fully saturated rings. The fourth-order valence-electron chi connectivity index (χ4n) is 0.727. The Morgan fingerprint density at radius 3 is 2.46 bits per heavy atom. The maximum Gasteiger partial charge on any atom is 2.00 e. The van der Waals surface area contributed by atoms with Gasteiger partial charge in [-0.3, -0.25) is 0 Å². The van der Waals surface area contributed by atoms with E-state index in [1.54, 1.807) is 11.8 Å². The third-order valence-electron chi connectivity index (χ3n) is 1.53. The van der Waals surface area contributed by atoms with Crippen molar-refractivity contribution in [3.8, 4) is 0 Å². The van der Waals surface area contributed by atoms with Crippen LogP contribution in [0, 0.1) is 0 Å².